The van der Waals surface area contributed by atoms with Crippen LogP contribution in [0, 0.1) is 5.92 Å². The average molecular weight is 297 g/mol. The maximum Gasteiger partial charge on any atom is 0.246 e. The first-order valence-corrected chi connectivity index (χ1v) is 6.97. The van der Waals surface area contributed by atoms with Gasteiger partial charge in [-0.15, -0.1) is 12.4 Å². The standard InChI is InChI=1S/C15H20N2O2.ClH/c18-15(10-19-9-11-1-2-11)17-6-12-3-4-13-7-16-8-14(13)5-12;/h3-5,11,16H,1-2,6-10H2,(H,17,18);1H. The lowest BCUT2D eigenvalue weighted by atomic mass is 10.1. The van der Waals surface area contributed by atoms with E-state index < -0.39 is 0 Å². The molecule has 110 valence electrons. The number of carbonyl (C=O) groups excluding carboxylic acids is 1. The fourth-order valence-corrected chi connectivity index (χ4v) is 2.31. The number of carbonyl (C=O) groups is 1. The molecule has 1 fully saturated rings. The van der Waals surface area contributed by atoms with Crippen LogP contribution in [0.3, 0.4) is 0 Å². The third kappa shape index (κ3) is 4.20. The normalized spacial score (nSPS) is 16.4. The van der Waals surface area contributed by atoms with Gasteiger partial charge in [0.15, 0.2) is 0 Å². The van der Waals surface area contributed by atoms with Crippen molar-refractivity contribution < 1.29 is 9.53 Å². The van der Waals surface area contributed by atoms with Gasteiger partial charge in [-0.2, -0.15) is 0 Å². The predicted molar refractivity (Wildman–Crippen MR) is 79.6 cm³/mol. The van der Waals surface area contributed by atoms with Gasteiger partial charge in [0.1, 0.15) is 6.61 Å². The molecule has 3 rings (SSSR count). The number of amides is 1. The van der Waals surface area contributed by atoms with Crippen LogP contribution in [0.25, 0.3) is 0 Å². The van der Waals surface area contributed by atoms with Crippen molar-refractivity contribution in [3.05, 3.63) is 34.9 Å². The molecule has 4 nitrogen and oxygen atoms in total. The molecule has 1 saturated carbocycles. The molecule has 0 saturated heterocycles. The van der Waals surface area contributed by atoms with Crippen molar-refractivity contribution in [1.29, 1.82) is 0 Å². The molecule has 0 aromatic heterocycles. The van der Waals surface area contributed by atoms with Crippen molar-refractivity contribution in [2.24, 2.45) is 5.92 Å². The quantitative estimate of drug-likeness (QED) is 0.841. The second kappa shape index (κ2) is 7.07. The zero-order chi connectivity index (χ0) is 13.1. The van der Waals surface area contributed by atoms with Gasteiger partial charge < -0.3 is 15.4 Å². The molecule has 1 aromatic carbocycles. The molecule has 1 heterocycles. The van der Waals surface area contributed by atoms with Crippen LogP contribution in [0.4, 0.5) is 0 Å². The summed E-state index contributed by atoms with van der Waals surface area (Å²) in [5.41, 5.74) is 3.86. The zero-order valence-electron chi connectivity index (χ0n) is 11.5. The predicted octanol–water partition coefficient (Wildman–Crippen LogP) is 1.75. The van der Waals surface area contributed by atoms with Gasteiger partial charge in [-0.25, -0.2) is 0 Å². The molecule has 1 aliphatic carbocycles. The van der Waals surface area contributed by atoms with Crippen LogP contribution in [-0.4, -0.2) is 19.1 Å². The number of hydrogen-bond acceptors (Lipinski definition) is 3. The number of rotatable bonds is 6. The topological polar surface area (TPSA) is 50.4 Å². The van der Waals surface area contributed by atoms with Crippen molar-refractivity contribution in [3.63, 3.8) is 0 Å². The minimum absolute atomic E-state index is 0. The number of benzene rings is 1. The highest BCUT2D eigenvalue weighted by Crippen LogP contribution is 2.28. The first-order valence-electron chi connectivity index (χ1n) is 6.97. The summed E-state index contributed by atoms with van der Waals surface area (Å²) in [4.78, 5) is 11.6. The molecule has 2 aliphatic rings. The number of fused-ring (bicyclic) bond motifs is 1. The summed E-state index contributed by atoms with van der Waals surface area (Å²) in [6.45, 7) is 3.39. The molecule has 0 spiro atoms. The largest absolute Gasteiger partial charge is 0.371 e. The van der Waals surface area contributed by atoms with Gasteiger partial charge in [0.2, 0.25) is 5.91 Å². The Bertz CT molecular complexity index is 475. The summed E-state index contributed by atoms with van der Waals surface area (Å²) in [5, 5.41) is 6.22. The molecular formula is C15H21ClN2O2. The van der Waals surface area contributed by atoms with Crippen molar-refractivity contribution >= 4 is 18.3 Å². The molecule has 2 N–H and O–H groups in total. The van der Waals surface area contributed by atoms with E-state index in [0.717, 1.165) is 25.3 Å². The summed E-state index contributed by atoms with van der Waals surface area (Å²) >= 11 is 0. The molecule has 1 aromatic rings. The van der Waals surface area contributed by atoms with Gasteiger partial charge >= 0.3 is 0 Å². The summed E-state index contributed by atoms with van der Waals surface area (Å²) in [6.07, 6.45) is 2.51. The Kier molecular flexibility index (Phi) is 5.40. The second-order valence-electron chi connectivity index (χ2n) is 5.44. The van der Waals surface area contributed by atoms with E-state index in [2.05, 4.69) is 28.8 Å². The monoisotopic (exact) mass is 296 g/mol. The zero-order valence-corrected chi connectivity index (χ0v) is 12.3. The minimum atomic E-state index is -0.0285. The van der Waals surface area contributed by atoms with Crippen LogP contribution in [0.5, 0.6) is 0 Å². The lowest BCUT2D eigenvalue weighted by Gasteiger charge is -2.07. The van der Waals surface area contributed by atoms with E-state index in [1.807, 2.05) is 0 Å². The van der Waals surface area contributed by atoms with E-state index in [-0.39, 0.29) is 24.9 Å². The molecule has 5 heteroatoms. The van der Waals surface area contributed by atoms with Gasteiger partial charge in [0.05, 0.1) is 6.61 Å². The Balaban J connectivity index is 0.00000147. The number of hydrogen-bond donors (Lipinski definition) is 2. The van der Waals surface area contributed by atoms with Gasteiger partial charge in [-0.1, -0.05) is 18.2 Å². The second-order valence-corrected chi connectivity index (χ2v) is 5.44. The first-order chi connectivity index (χ1) is 9.31. The molecule has 0 bridgehead atoms. The Morgan fingerprint density at radius 2 is 2.10 bits per heavy atom. The summed E-state index contributed by atoms with van der Waals surface area (Å²) in [5.74, 6) is 0.677. The van der Waals surface area contributed by atoms with Gasteiger partial charge in [0.25, 0.3) is 0 Å². The highest BCUT2D eigenvalue weighted by molar-refractivity contribution is 5.85. The SMILES string of the molecule is Cl.O=C(COCC1CC1)NCc1ccc2c(c1)CNC2. The van der Waals surface area contributed by atoms with Crippen LogP contribution in [0.2, 0.25) is 0 Å². The highest BCUT2D eigenvalue weighted by Gasteiger charge is 2.21. The van der Waals surface area contributed by atoms with Gasteiger partial charge in [-0.3, -0.25) is 4.79 Å². The Morgan fingerprint density at radius 3 is 2.90 bits per heavy atom. The molecular weight excluding hydrogens is 276 g/mol. The lowest BCUT2D eigenvalue weighted by Crippen LogP contribution is -2.27. The number of ether oxygens (including phenoxy) is 1. The maximum absolute atomic E-state index is 11.6. The molecule has 0 atom stereocenters. The fraction of sp³-hybridized carbons (Fsp3) is 0.533. The Labute approximate surface area is 125 Å². The third-order valence-electron chi connectivity index (χ3n) is 3.67. The van der Waals surface area contributed by atoms with E-state index in [1.165, 1.54) is 24.0 Å². The van der Waals surface area contributed by atoms with Crippen molar-refractivity contribution in [1.82, 2.24) is 10.6 Å². The summed E-state index contributed by atoms with van der Waals surface area (Å²) in [6, 6.07) is 6.39. The third-order valence-corrected chi connectivity index (χ3v) is 3.67. The van der Waals surface area contributed by atoms with Gasteiger partial charge in [-0.05, 0) is 35.4 Å². The van der Waals surface area contributed by atoms with Crippen LogP contribution >= 0.6 is 12.4 Å². The lowest BCUT2D eigenvalue weighted by molar-refractivity contribution is -0.126. The Hall–Kier alpha value is -1.10. The highest BCUT2D eigenvalue weighted by atomic mass is 35.5. The smallest absolute Gasteiger partial charge is 0.246 e. The molecule has 0 radical (unpaired) electrons. The van der Waals surface area contributed by atoms with E-state index >= 15 is 0 Å². The fourth-order valence-electron chi connectivity index (χ4n) is 2.31. The average Bonchev–Trinajstić information content (AvgIpc) is 3.12. The van der Waals surface area contributed by atoms with E-state index in [1.54, 1.807) is 0 Å². The maximum atomic E-state index is 11.6. The van der Waals surface area contributed by atoms with Crippen molar-refractivity contribution in [2.45, 2.75) is 32.5 Å². The van der Waals surface area contributed by atoms with Crippen molar-refractivity contribution in [2.75, 3.05) is 13.2 Å². The number of halogens is 1. The van der Waals surface area contributed by atoms with E-state index in [9.17, 15) is 4.79 Å². The van der Waals surface area contributed by atoms with Gasteiger partial charge in [0, 0.05) is 19.6 Å². The van der Waals surface area contributed by atoms with Crippen LogP contribution in [-0.2, 0) is 29.2 Å². The molecule has 1 amide bonds. The first kappa shape index (κ1) is 15.3. The number of nitrogens with one attached hydrogen (secondary N) is 2. The van der Waals surface area contributed by atoms with E-state index in [0.29, 0.717) is 12.5 Å². The van der Waals surface area contributed by atoms with E-state index in [4.69, 9.17) is 4.74 Å². The molecule has 1 aliphatic heterocycles. The Morgan fingerprint density at radius 1 is 1.30 bits per heavy atom. The molecule has 0 unspecified atom stereocenters. The van der Waals surface area contributed by atoms with Crippen LogP contribution in [0.15, 0.2) is 18.2 Å². The summed E-state index contributed by atoms with van der Waals surface area (Å²) in [7, 11) is 0. The minimum Gasteiger partial charge on any atom is -0.371 e. The van der Waals surface area contributed by atoms with Crippen LogP contribution in [0.1, 0.15) is 29.5 Å². The summed E-state index contributed by atoms with van der Waals surface area (Å²) < 4.78 is 5.36. The van der Waals surface area contributed by atoms with Crippen molar-refractivity contribution in [3.8, 4) is 0 Å². The molecule has 20 heavy (non-hydrogen) atoms. The van der Waals surface area contributed by atoms with Crippen LogP contribution < -0.4 is 10.6 Å².